The van der Waals surface area contributed by atoms with Gasteiger partial charge >= 0.3 is 6.09 Å². The van der Waals surface area contributed by atoms with Gasteiger partial charge in [-0.1, -0.05) is 48.5 Å². The molecule has 0 bridgehead atoms. The topological polar surface area (TPSA) is 68.7 Å². The third-order valence-electron chi connectivity index (χ3n) is 3.35. The molecule has 1 heterocycles. The van der Waals surface area contributed by atoms with Crippen molar-refractivity contribution in [1.29, 1.82) is 0 Å². The maximum absolute atomic E-state index is 11.3. The minimum atomic E-state index is -1.08. The number of para-hydroxylation sites is 1. The molecule has 0 aliphatic carbocycles. The quantitative estimate of drug-likeness (QED) is 0.569. The number of hydrogen-bond acceptors (Lipinski definition) is 2. The summed E-state index contributed by atoms with van der Waals surface area (Å²) in [5.74, 6) is 0. The van der Waals surface area contributed by atoms with Crippen molar-refractivity contribution in [2.75, 3.05) is 0 Å². The second-order valence-electron chi connectivity index (χ2n) is 4.86. The van der Waals surface area contributed by atoms with Crippen molar-refractivity contribution in [3.8, 4) is 0 Å². The Kier molecular flexibility index (Phi) is 3.87. The van der Waals surface area contributed by atoms with Crippen LogP contribution in [0, 0.1) is 0 Å². The molecule has 5 heteroatoms. The van der Waals surface area contributed by atoms with Gasteiger partial charge in [-0.05, 0) is 11.6 Å². The van der Waals surface area contributed by atoms with Crippen LogP contribution < -0.4 is 0 Å². The summed E-state index contributed by atoms with van der Waals surface area (Å²) in [6, 6.07) is 17.2. The Bertz CT molecular complexity index is 809. The van der Waals surface area contributed by atoms with E-state index in [0.717, 1.165) is 27.0 Å². The van der Waals surface area contributed by atoms with Crippen molar-refractivity contribution in [2.24, 2.45) is 5.10 Å². The van der Waals surface area contributed by atoms with E-state index in [1.165, 1.54) is 0 Å². The van der Waals surface area contributed by atoms with Crippen LogP contribution >= 0.6 is 0 Å². The minimum Gasteiger partial charge on any atom is -0.464 e. The van der Waals surface area contributed by atoms with E-state index in [9.17, 15) is 9.90 Å². The fourth-order valence-electron chi connectivity index (χ4n) is 2.25. The number of aromatic amines is 1. The van der Waals surface area contributed by atoms with Gasteiger partial charge in [0.05, 0.1) is 12.8 Å². The predicted molar refractivity (Wildman–Crippen MR) is 85.9 cm³/mol. The molecule has 0 saturated carbocycles. The standard InChI is InChI=1S/C17H15N3O2/c21-17(22)20(12-13-6-2-1-3-7-13)19-11-14-10-18-16-9-5-4-8-15(14)16/h1-11,18H,12H2,(H,21,22). The fraction of sp³-hybridized carbons (Fsp3) is 0.0588. The van der Waals surface area contributed by atoms with Gasteiger partial charge in [-0.25, -0.2) is 4.79 Å². The van der Waals surface area contributed by atoms with Crippen molar-refractivity contribution in [3.63, 3.8) is 0 Å². The maximum Gasteiger partial charge on any atom is 0.428 e. The Balaban J connectivity index is 1.83. The number of hydrazone groups is 1. The first kappa shape index (κ1) is 13.9. The number of H-pyrrole nitrogens is 1. The van der Waals surface area contributed by atoms with E-state index in [-0.39, 0.29) is 6.54 Å². The number of benzene rings is 2. The molecule has 5 nitrogen and oxygen atoms in total. The molecular weight excluding hydrogens is 278 g/mol. The molecule has 0 spiro atoms. The Hall–Kier alpha value is -3.08. The predicted octanol–water partition coefficient (Wildman–Crippen LogP) is 3.68. The van der Waals surface area contributed by atoms with E-state index in [0.29, 0.717) is 0 Å². The second-order valence-corrected chi connectivity index (χ2v) is 4.86. The largest absolute Gasteiger partial charge is 0.464 e. The number of nitrogens with one attached hydrogen (secondary N) is 1. The van der Waals surface area contributed by atoms with E-state index in [2.05, 4.69) is 10.1 Å². The number of fused-ring (bicyclic) bond motifs is 1. The van der Waals surface area contributed by atoms with Gasteiger partial charge in [0.25, 0.3) is 0 Å². The molecule has 3 rings (SSSR count). The first-order valence-electron chi connectivity index (χ1n) is 6.88. The lowest BCUT2D eigenvalue weighted by Gasteiger charge is -2.12. The average molecular weight is 293 g/mol. The Morgan fingerprint density at radius 1 is 1.14 bits per heavy atom. The van der Waals surface area contributed by atoms with Crippen LogP contribution in [0.25, 0.3) is 10.9 Å². The van der Waals surface area contributed by atoms with Crippen LogP contribution in [0.3, 0.4) is 0 Å². The lowest BCUT2D eigenvalue weighted by atomic mass is 10.2. The number of nitrogens with zero attached hydrogens (tertiary/aromatic N) is 2. The molecule has 0 radical (unpaired) electrons. The molecule has 3 aromatic rings. The summed E-state index contributed by atoms with van der Waals surface area (Å²) in [7, 11) is 0. The third-order valence-corrected chi connectivity index (χ3v) is 3.35. The number of carboxylic acid groups (broad SMARTS) is 1. The summed E-state index contributed by atoms with van der Waals surface area (Å²) in [4.78, 5) is 14.5. The Morgan fingerprint density at radius 2 is 1.86 bits per heavy atom. The van der Waals surface area contributed by atoms with Gasteiger partial charge in [0.1, 0.15) is 0 Å². The van der Waals surface area contributed by atoms with Crippen LogP contribution in [0.2, 0.25) is 0 Å². The molecule has 0 saturated heterocycles. The minimum absolute atomic E-state index is 0.217. The summed E-state index contributed by atoms with van der Waals surface area (Å²) >= 11 is 0. The first-order valence-corrected chi connectivity index (χ1v) is 6.88. The van der Waals surface area contributed by atoms with Gasteiger partial charge in [0, 0.05) is 22.7 Å². The molecule has 0 atom stereocenters. The SMILES string of the molecule is O=C(O)N(Cc1ccccc1)N=Cc1c[nH]c2ccccc12. The zero-order chi connectivity index (χ0) is 15.4. The van der Waals surface area contributed by atoms with Crippen LogP contribution in [0.5, 0.6) is 0 Å². The van der Waals surface area contributed by atoms with Gasteiger partial charge in [-0.3, -0.25) is 0 Å². The second kappa shape index (κ2) is 6.13. The normalized spacial score (nSPS) is 11.1. The number of carbonyl (C=O) groups is 1. The van der Waals surface area contributed by atoms with Crippen molar-refractivity contribution >= 4 is 23.2 Å². The number of hydrogen-bond donors (Lipinski definition) is 2. The molecule has 0 unspecified atom stereocenters. The van der Waals surface area contributed by atoms with E-state index in [4.69, 9.17) is 0 Å². The van der Waals surface area contributed by atoms with Crippen molar-refractivity contribution < 1.29 is 9.90 Å². The molecule has 0 aliphatic heterocycles. The van der Waals surface area contributed by atoms with Crippen LogP contribution in [0.4, 0.5) is 4.79 Å². The molecule has 110 valence electrons. The lowest BCUT2D eigenvalue weighted by molar-refractivity contribution is 0.144. The smallest absolute Gasteiger partial charge is 0.428 e. The van der Waals surface area contributed by atoms with Crippen molar-refractivity contribution in [3.05, 3.63) is 71.9 Å². The summed E-state index contributed by atoms with van der Waals surface area (Å²) in [5.41, 5.74) is 2.74. The van der Waals surface area contributed by atoms with Crippen LogP contribution in [-0.2, 0) is 6.54 Å². The van der Waals surface area contributed by atoms with Gasteiger partial charge in [-0.2, -0.15) is 10.1 Å². The molecule has 1 aromatic heterocycles. The van der Waals surface area contributed by atoms with E-state index in [1.54, 1.807) is 6.21 Å². The van der Waals surface area contributed by atoms with Gasteiger partial charge in [0.15, 0.2) is 0 Å². The highest BCUT2D eigenvalue weighted by Crippen LogP contribution is 2.16. The molecule has 2 aromatic carbocycles. The summed E-state index contributed by atoms with van der Waals surface area (Å²) in [6.07, 6.45) is 2.30. The molecule has 0 fully saturated rings. The molecule has 1 amide bonds. The van der Waals surface area contributed by atoms with Crippen molar-refractivity contribution in [1.82, 2.24) is 9.99 Å². The molecule has 0 aliphatic rings. The highest BCUT2D eigenvalue weighted by Gasteiger charge is 2.10. The summed E-state index contributed by atoms with van der Waals surface area (Å²) in [6.45, 7) is 0.217. The van der Waals surface area contributed by atoms with Crippen LogP contribution in [-0.4, -0.2) is 27.4 Å². The zero-order valence-electron chi connectivity index (χ0n) is 11.8. The van der Waals surface area contributed by atoms with Crippen molar-refractivity contribution in [2.45, 2.75) is 6.54 Å². The molecule has 2 N–H and O–H groups in total. The number of rotatable bonds is 4. The fourth-order valence-corrected chi connectivity index (χ4v) is 2.25. The third kappa shape index (κ3) is 2.98. The lowest BCUT2D eigenvalue weighted by Crippen LogP contribution is -2.23. The monoisotopic (exact) mass is 293 g/mol. The van der Waals surface area contributed by atoms with E-state index in [1.807, 2.05) is 60.8 Å². The van der Waals surface area contributed by atoms with Gasteiger partial charge in [0.2, 0.25) is 0 Å². The van der Waals surface area contributed by atoms with E-state index >= 15 is 0 Å². The zero-order valence-corrected chi connectivity index (χ0v) is 11.8. The number of amides is 1. The first-order chi connectivity index (χ1) is 10.7. The van der Waals surface area contributed by atoms with Gasteiger partial charge < -0.3 is 10.1 Å². The van der Waals surface area contributed by atoms with E-state index < -0.39 is 6.09 Å². The Labute approximate surface area is 127 Å². The van der Waals surface area contributed by atoms with Crippen LogP contribution in [0.15, 0.2) is 65.9 Å². The highest BCUT2D eigenvalue weighted by molar-refractivity contribution is 5.99. The van der Waals surface area contributed by atoms with Gasteiger partial charge in [-0.15, -0.1) is 0 Å². The molecular formula is C17H15N3O2. The highest BCUT2D eigenvalue weighted by atomic mass is 16.4. The average Bonchev–Trinajstić information content (AvgIpc) is 2.95. The summed E-state index contributed by atoms with van der Waals surface area (Å²) < 4.78 is 0. The molecule has 22 heavy (non-hydrogen) atoms. The van der Waals surface area contributed by atoms with Crippen LogP contribution in [0.1, 0.15) is 11.1 Å². The summed E-state index contributed by atoms with van der Waals surface area (Å²) in [5, 5.41) is 15.4. The Morgan fingerprint density at radius 3 is 2.64 bits per heavy atom. The maximum atomic E-state index is 11.3. The number of aromatic nitrogens is 1.